The first-order chi connectivity index (χ1) is 7.09. The molecular weight excluding hydrogens is 196 g/mol. The average Bonchev–Trinajstić information content (AvgIpc) is 3.08. The molecule has 0 aromatic carbocycles. The Labute approximate surface area is 86.0 Å². The lowest BCUT2D eigenvalue weighted by Crippen LogP contribution is -2.37. The van der Waals surface area contributed by atoms with Gasteiger partial charge in [0.1, 0.15) is 0 Å². The minimum absolute atomic E-state index is 0.0178. The summed E-state index contributed by atoms with van der Waals surface area (Å²) in [6, 6.07) is 0. The van der Waals surface area contributed by atoms with Gasteiger partial charge in [0.15, 0.2) is 0 Å². The molecule has 0 aliphatic heterocycles. The van der Waals surface area contributed by atoms with Crippen LogP contribution in [0.15, 0.2) is 6.20 Å². The maximum absolute atomic E-state index is 10.8. The third kappa shape index (κ3) is 0.995. The van der Waals surface area contributed by atoms with Crippen LogP contribution in [0.2, 0.25) is 0 Å². The molecule has 0 unspecified atom stereocenters. The van der Waals surface area contributed by atoms with Gasteiger partial charge >= 0.3 is 5.82 Å². The topological polar surface area (TPSA) is 97.8 Å². The Morgan fingerprint density at radius 3 is 2.60 bits per heavy atom. The zero-order valence-electron chi connectivity index (χ0n) is 8.19. The quantitative estimate of drug-likeness (QED) is 0.568. The van der Waals surface area contributed by atoms with Crippen molar-refractivity contribution >= 4 is 5.82 Å². The second-order valence-corrected chi connectivity index (χ2v) is 4.63. The van der Waals surface area contributed by atoms with Gasteiger partial charge in [-0.15, -0.1) is 5.10 Å². The lowest BCUT2D eigenvalue weighted by molar-refractivity contribution is -0.390. The second-order valence-electron chi connectivity index (χ2n) is 4.63. The number of aromatic nitrogens is 2. The molecule has 1 aromatic rings. The van der Waals surface area contributed by atoms with Crippen molar-refractivity contribution in [2.45, 2.75) is 36.6 Å². The molecule has 0 spiro atoms. The fourth-order valence-electron chi connectivity index (χ4n) is 2.54. The highest BCUT2D eigenvalue weighted by molar-refractivity contribution is 5.47. The summed E-state index contributed by atoms with van der Waals surface area (Å²) in [5, 5.41) is 17.0. The van der Waals surface area contributed by atoms with E-state index in [0.717, 1.165) is 25.7 Å². The van der Waals surface area contributed by atoms with Crippen molar-refractivity contribution in [3.05, 3.63) is 21.9 Å². The van der Waals surface area contributed by atoms with Crippen LogP contribution in [0.3, 0.4) is 0 Å². The molecule has 6 heteroatoms. The predicted octanol–water partition coefficient (Wildman–Crippen LogP) is 0.841. The number of hydrogen-bond acceptors (Lipinski definition) is 4. The first-order valence-corrected chi connectivity index (χ1v) is 5.06. The number of nitrogens with one attached hydrogen (secondary N) is 1. The summed E-state index contributed by atoms with van der Waals surface area (Å²) in [6.45, 7) is 0. The van der Waals surface area contributed by atoms with E-state index in [1.807, 2.05) is 0 Å². The van der Waals surface area contributed by atoms with Gasteiger partial charge in [-0.3, -0.25) is 0 Å². The molecule has 2 fully saturated rings. The molecule has 2 saturated carbocycles. The number of rotatable bonds is 3. The van der Waals surface area contributed by atoms with Crippen molar-refractivity contribution < 1.29 is 4.92 Å². The van der Waals surface area contributed by atoms with Crippen LogP contribution >= 0.6 is 0 Å². The van der Waals surface area contributed by atoms with Crippen LogP contribution in [0.5, 0.6) is 0 Å². The van der Waals surface area contributed by atoms with Gasteiger partial charge in [-0.05, 0) is 30.6 Å². The van der Waals surface area contributed by atoms with Gasteiger partial charge in [0, 0.05) is 11.0 Å². The predicted molar refractivity (Wildman–Crippen MR) is 52.3 cm³/mol. The SMILES string of the molecule is NC1(C2(c3cn[nH]c3[N+](=O)[O-])CC2)CC1. The van der Waals surface area contributed by atoms with E-state index in [2.05, 4.69) is 10.2 Å². The first kappa shape index (κ1) is 8.84. The molecule has 3 N–H and O–H groups in total. The third-order valence-corrected chi connectivity index (χ3v) is 3.81. The lowest BCUT2D eigenvalue weighted by atomic mass is 9.88. The molecule has 0 bridgehead atoms. The van der Waals surface area contributed by atoms with Crippen LogP contribution in [0.4, 0.5) is 5.82 Å². The van der Waals surface area contributed by atoms with Crippen LogP contribution in [-0.4, -0.2) is 20.7 Å². The molecule has 2 aliphatic carbocycles. The van der Waals surface area contributed by atoms with Crippen LogP contribution in [0.1, 0.15) is 31.2 Å². The largest absolute Gasteiger partial charge is 0.358 e. The smallest absolute Gasteiger partial charge is 0.346 e. The molecular formula is C9H12N4O2. The number of aromatic amines is 1. The van der Waals surface area contributed by atoms with Crippen molar-refractivity contribution in [2.75, 3.05) is 0 Å². The third-order valence-electron chi connectivity index (χ3n) is 3.81. The normalized spacial score (nSPS) is 24.9. The molecule has 2 aliphatic rings. The number of nitro groups is 1. The van der Waals surface area contributed by atoms with Gasteiger partial charge in [-0.25, -0.2) is 0 Å². The van der Waals surface area contributed by atoms with Crippen LogP contribution < -0.4 is 5.73 Å². The first-order valence-electron chi connectivity index (χ1n) is 5.06. The summed E-state index contributed by atoms with van der Waals surface area (Å²) in [5.74, 6) is 0.0178. The fourth-order valence-corrected chi connectivity index (χ4v) is 2.54. The zero-order valence-corrected chi connectivity index (χ0v) is 8.19. The average molecular weight is 208 g/mol. The molecule has 0 radical (unpaired) electrons. The number of hydrogen-bond donors (Lipinski definition) is 2. The summed E-state index contributed by atoms with van der Waals surface area (Å²) in [5.41, 5.74) is 6.51. The molecule has 0 saturated heterocycles. The Bertz CT molecular complexity index is 431. The highest BCUT2D eigenvalue weighted by Crippen LogP contribution is 2.64. The highest BCUT2D eigenvalue weighted by atomic mass is 16.6. The van der Waals surface area contributed by atoms with Crippen molar-refractivity contribution in [2.24, 2.45) is 5.73 Å². The van der Waals surface area contributed by atoms with Crippen LogP contribution in [0.25, 0.3) is 0 Å². The van der Waals surface area contributed by atoms with Crippen molar-refractivity contribution in [1.29, 1.82) is 0 Å². The zero-order chi connectivity index (χ0) is 10.7. The Hall–Kier alpha value is -1.43. The molecule has 3 rings (SSSR count). The number of nitrogens with two attached hydrogens (primary N) is 1. The summed E-state index contributed by atoms with van der Waals surface area (Å²) < 4.78 is 0. The highest BCUT2D eigenvalue weighted by Gasteiger charge is 2.66. The minimum atomic E-state index is -0.409. The van der Waals surface area contributed by atoms with Gasteiger partial charge in [-0.2, -0.15) is 0 Å². The van der Waals surface area contributed by atoms with E-state index in [9.17, 15) is 10.1 Å². The van der Waals surface area contributed by atoms with E-state index in [1.54, 1.807) is 6.20 Å². The Kier molecular flexibility index (Phi) is 1.41. The van der Waals surface area contributed by atoms with Gasteiger partial charge in [0.2, 0.25) is 0 Å². The van der Waals surface area contributed by atoms with Gasteiger partial charge in [0.05, 0.1) is 11.8 Å². The summed E-state index contributed by atoms with van der Waals surface area (Å²) in [6.07, 6.45) is 5.40. The van der Waals surface area contributed by atoms with E-state index in [-0.39, 0.29) is 16.8 Å². The van der Waals surface area contributed by atoms with E-state index >= 15 is 0 Å². The molecule has 15 heavy (non-hydrogen) atoms. The summed E-state index contributed by atoms with van der Waals surface area (Å²) in [4.78, 5) is 10.4. The standard InChI is InChI=1S/C9H12N4O2/c10-9(3-4-9)8(1-2-8)6-5-11-12-7(6)13(14)15/h5H,1-4,10H2,(H,11,12). The molecule has 0 atom stereocenters. The Morgan fingerprint density at radius 1 is 1.47 bits per heavy atom. The molecule has 1 heterocycles. The number of H-pyrrole nitrogens is 1. The maximum atomic E-state index is 10.8. The van der Waals surface area contributed by atoms with E-state index in [1.165, 1.54) is 0 Å². The number of nitrogens with zero attached hydrogens (tertiary/aromatic N) is 2. The Balaban J connectivity index is 2.06. The van der Waals surface area contributed by atoms with Gasteiger partial charge < -0.3 is 15.8 Å². The molecule has 80 valence electrons. The lowest BCUT2D eigenvalue weighted by Gasteiger charge is -2.20. The maximum Gasteiger partial charge on any atom is 0.346 e. The van der Waals surface area contributed by atoms with E-state index < -0.39 is 4.92 Å². The van der Waals surface area contributed by atoms with Crippen molar-refractivity contribution in [1.82, 2.24) is 10.2 Å². The van der Waals surface area contributed by atoms with E-state index in [0.29, 0.717) is 5.56 Å². The van der Waals surface area contributed by atoms with Crippen LogP contribution in [0, 0.1) is 10.1 Å². The molecule has 0 amide bonds. The van der Waals surface area contributed by atoms with Crippen LogP contribution in [-0.2, 0) is 5.41 Å². The molecule has 1 aromatic heterocycles. The summed E-state index contributed by atoms with van der Waals surface area (Å²) >= 11 is 0. The van der Waals surface area contributed by atoms with Crippen molar-refractivity contribution in [3.63, 3.8) is 0 Å². The molecule has 6 nitrogen and oxygen atoms in total. The van der Waals surface area contributed by atoms with Gasteiger partial charge in [-0.1, -0.05) is 5.10 Å². The second kappa shape index (κ2) is 2.38. The fraction of sp³-hybridized carbons (Fsp3) is 0.667. The monoisotopic (exact) mass is 208 g/mol. The van der Waals surface area contributed by atoms with E-state index in [4.69, 9.17) is 5.73 Å². The minimum Gasteiger partial charge on any atom is -0.358 e. The van der Waals surface area contributed by atoms with Gasteiger partial charge in [0.25, 0.3) is 0 Å². The summed E-state index contributed by atoms with van der Waals surface area (Å²) in [7, 11) is 0. The van der Waals surface area contributed by atoms with Crippen molar-refractivity contribution in [3.8, 4) is 0 Å². The Morgan fingerprint density at radius 2 is 2.13 bits per heavy atom.